The van der Waals surface area contributed by atoms with E-state index in [1.807, 2.05) is 0 Å². The van der Waals surface area contributed by atoms with Crippen molar-refractivity contribution in [1.82, 2.24) is 0 Å². The molecule has 0 aromatic rings. The van der Waals surface area contributed by atoms with E-state index in [-0.39, 0.29) is 11.8 Å². The molecule has 2 heterocycles. The normalized spacial score (nSPS) is 38.2. The Bertz CT molecular complexity index is 410. The molecule has 0 aromatic heterocycles. The molecule has 2 saturated heterocycles. The lowest BCUT2D eigenvalue weighted by Crippen LogP contribution is -2.41. The molecule has 4 atom stereocenters. The van der Waals surface area contributed by atoms with Crippen LogP contribution in [0.5, 0.6) is 0 Å². The van der Waals surface area contributed by atoms with Gasteiger partial charge in [-0.05, 0) is 63.2 Å². The second kappa shape index (κ2) is 9.19. The van der Waals surface area contributed by atoms with Crippen molar-refractivity contribution in [3.05, 3.63) is 0 Å². The molecule has 0 radical (unpaired) electrons. The highest BCUT2D eigenvalue weighted by Gasteiger charge is 2.39. The van der Waals surface area contributed by atoms with Gasteiger partial charge in [0, 0.05) is 25.0 Å². The topological polar surface area (TPSA) is 35.5 Å². The Kier molecular flexibility index (Phi) is 6.69. The maximum absolute atomic E-state index is 13.3. The molecule has 0 aromatic carbocycles. The van der Waals surface area contributed by atoms with Crippen LogP contribution in [0.1, 0.15) is 89.9 Å². The van der Waals surface area contributed by atoms with Crippen LogP contribution < -0.4 is 0 Å². The summed E-state index contributed by atoms with van der Waals surface area (Å²) in [6.07, 6.45) is 18.0. The molecule has 148 valence electrons. The minimum atomic E-state index is 0.255. The predicted octanol–water partition coefficient (Wildman–Crippen LogP) is 5.31. The van der Waals surface area contributed by atoms with Crippen molar-refractivity contribution in [2.24, 2.45) is 23.7 Å². The SMILES string of the molecule is O=C([C@@H]1CCO[C@H](C2CCCCC2)C1)[C@H]1CCO[C@@H](C2CCCCC2)C1. The van der Waals surface area contributed by atoms with Crippen LogP contribution in [0.25, 0.3) is 0 Å². The Labute approximate surface area is 159 Å². The van der Waals surface area contributed by atoms with Gasteiger partial charge >= 0.3 is 0 Å². The maximum atomic E-state index is 13.3. The van der Waals surface area contributed by atoms with Gasteiger partial charge < -0.3 is 9.47 Å². The van der Waals surface area contributed by atoms with Gasteiger partial charge in [0.25, 0.3) is 0 Å². The molecule has 2 aliphatic carbocycles. The van der Waals surface area contributed by atoms with E-state index >= 15 is 0 Å². The van der Waals surface area contributed by atoms with Gasteiger partial charge in [0.1, 0.15) is 5.78 Å². The van der Waals surface area contributed by atoms with Gasteiger partial charge in [-0.25, -0.2) is 0 Å². The van der Waals surface area contributed by atoms with Gasteiger partial charge in [-0.2, -0.15) is 0 Å². The Morgan fingerprint density at radius 3 is 1.42 bits per heavy atom. The number of rotatable bonds is 4. The minimum Gasteiger partial charge on any atom is -0.378 e. The third kappa shape index (κ3) is 4.52. The summed E-state index contributed by atoms with van der Waals surface area (Å²) in [4.78, 5) is 13.3. The van der Waals surface area contributed by atoms with E-state index in [1.165, 1.54) is 64.2 Å². The second-order valence-corrected chi connectivity index (χ2v) is 9.46. The first-order valence-electron chi connectivity index (χ1n) is 11.6. The molecule has 0 unspecified atom stereocenters. The van der Waals surface area contributed by atoms with Crippen LogP contribution >= 0.6 is 0 Å². The average Bonchev–Trinajstić information content (AvgIpc) is 2.75. The smallest absolute Gasteiger partial charge is 0.139 e. The van der Waals surface area contributed by atoms with Crippen molar-refractivity contribution in [2.45, 2.75) is 102 Å². The molecule has 4 aliphatic rings. The molecule has 3 nitrogen and oxygen atoms in total. The molecular formula is C23H38O3. The zero-order valence-electron chi connectivity index (χ0n) is 16.5. The van der Waals surface area contributed by atoms with Gasteiger partial charge in [0.2, 0.25) is 0 Å². The van der Waals surface area contributed by atoms with Crippen LogP contribution in [0.15, 0.2) is 0 Å². The van der Waals surface area contributed by atoms with Gasteiger partial charge in [-0.15, -0.1) is 0 Å². The van der Waals surface area contributed by atoms with Crippen LogP contribution in [0, 0.1) is 23.7 Å². The summed E-state index contributed by atoms with van der Waals surface area (Å²) in [6, 6.07) is 0. The van der Waals surface area contributed by atoms with E-state index in [2.05, 4.69) is 0 Å². The van der Waals surface area contributed by atoms with E-state index in [0.717, 1.165) is 38.9 Å². The van der Waals surface area contributed by atoms with E-state index in [4.69, 9.17) is 9.47 Å². The summed E-state index contributed by atoms with van der Waals surface area (Å²) >= 11 is 0. The average molecular weight is 363 g/mol. The molecule has 4 fully saturated rings. The number of carbonyl (C=O) groups is 1. The van der Waals surface area contributed by atoms with Crippen molar-refractivity contribution in [3.63, 3.8) is 0 Å². The standard InChI is InChI=1S/C23H38O3/c24-23(19-11-13-25-21(15-19)17-7-3-1-4-8-17)20-12-14-26-22(16-20)18-9-5-2-6-10-18/h17-22H,1-16H2/t19-,20+,21+,22-. The zero-order valence-corrected chi connectivity index (χ0v) is 16.5. The third-order valence-electron chi connectivity index (χ3n) is 7.79. The largest absolute Gasteiger partial charge is 0.378 e. The fourth-order valence-electron chi connectivity index (χ4n) is 6.18. The molecule has 0 amide bonds. The van der Waals surface area contributed by atoms with E-state index in [1.54, 1.807) is 0 Å². The lowest BCUT2D eigenvalue weighted by atomic mass is 9.74. The summed E-state index contributed by atoms with van der Waals surface area (Å²) in [7, 11) is 0. The lowest BCUT2D eigenvalue weighted by molar-refractivity contribution is -0.140. The maximum Gasteiger partial charge on any atom is 0.139 e. The first-order valence-corrected chi connectivity index (χ1v) is 11.6. The molecule has 2 saturated carbocycles. The van der Waals surface area contributed by atoms with Gasteiger partial charge in [0.05, 0.1) is 12.2 Å². The van der Waals surface area contributed by atoms with Crippen molar-refractivity contribution in [2.75, 3.05) is 13.2 Å². The Hall–Kier alpha value is -0.410. The number of ether oxygens (including phenoxy) is 2. The number of Topliss-reactive ketones (excluding diaryl/α,β-unsaturated/α-hetero) is 1. The highest BCUT2D eigenvalue weighted by atomic mass is 16.5. The number of carbonyl (C=O) groups excluding carboxylic acids is 1. The van der Waals surface area contributed by atoms with Crippen molar-refractivity contribution in [1.29, 1.82) is 0 Å². The Morgan fingerprint density at radius 2 is 1.00 bits per heavy atom. The van der Waals surface area contributed by atoms with Crippen molar-refractivity contribution in [3.8, 4) is 0 Å². The van der Waals surface area contributed by atoms with E-state index in [0.29, 0.717) is 29.8 Å². The fraction of sp³-hybridized carbons (Fsp3) is 0.957. The first kappa shape index (κ1) is 18.9. The summed E-state index contributed by atoms with van der Waals surface area (Å²) in [5.41, 5.74) is 0. The Balaban J connectivity index is 1.32. The number of hydrogen-bond acceptors (Lipinski definition) is 3. The minimum absolute atomic E-state index is 0.255. The first-order chi connectivity index (χ1) is 12.8. The van der Waals surface area contributed by atoms with E-state index < -0.39 is 0 Å². The summed E-state index contributed by atoms with van der Waals surface area (Å²) in [5.74, 6) is 2.49. The summed E-state index contributed by atoms with van der Waals surface area (Å²) < 4.78 is 12.2. The molecule has 26 heavy (non-hydrogen) atoms. The van der Waals surface area contributed by atoms with Gasteiger partial charge in [0.15, 0.2) is 0 Å². The zero-order chi connectivity index (χ0) is 17.8. The molecule has 0 N–H and O–H groups in total. The lowest BCUT2D eigenvalue weighted by Gasteiger charge is -2.39. The Morgan fingerprint density at radius 1 is 0.577 bits per heavy atom. The molecular weight excluding hydrogens is 324 g/mol. The van der Waals surface area contributed by atoms with Gasteiger partial charge in [-0.3, -0.25) is 4.79 Å². The van der Waals surface area contributed by atoms with Crippen LogP contribution in [0.4, 0.5) is 0 Å². The fourth-order valence-corrected chi connectivity index (χ4v) is 6.18. The van der Waals surface area contributed by atoms with Crippen LogP contribution in [0.2, 0.25) is 0 Å². The predicted molar refractivity (Wildman–Crippen MR) is 103 cm³/mol. The number of ketones is 1. The molecule has 0 bridgehead atoms. The van der Waals surface area contributed by atoms with E-state index in [9.17, 15) is 4.79 Å². The molecule has 4 rings (SSSR count). The van der Waals surface area contributed by atoms with Crippen LogP contribution in [0.3, 0.4) is 0 Å². The highest BCUT2D eigenvalue weighted by molar-refractivity contribution is 5.83. The third-order valence-corrected chi connectivity index (χ3v) is 7.79. The summed E-state index contributed by atoms with van der Waals surface area (Å²) in [5, 5.41) is 0. The molecule has 0 spiro atoms. The number of hydrogen-bond donors (Lipinski definition) is 0. The quantitative estimate of drug-likeness (QED) is 0.680. The monoisotopic (exact) mass is 362 g/mol. The summed E-state index contributed by atoms with van der Waals surface area (Å²) in [6.45, 7) is 1.60. The van der Waals surface area contributed by atoms with Crippen LogP contribution in [-0.2, 0) is 14.3 Å². The second-order valence-electron chi connectivity index (χ2n) is 9.46. The molecule has 2 aliphatic heterocycles. The van der Waals surface area contributed by atoms with Gasteiger partial charge in [-0.1, -0.05) is 38.5 Å². The highest BCUT2D eigenvalue weighted by Crippen LogP contribution is 2.38. The van der Waals surface area contributed by atoms with Crippen molar-refractivity contribution >= 4 is 5.78 Å². The van der Waals surface area contributed by atoms with Crippen molar-refractivity contribution < 1.29 is 14.3 Å². The van der Waals surface area contributed by atoms with Crippen LogP contribution in [-0.4, -0.2) is 31.2 Å². The molecule has 3 heteroatoms.